The monoisotopic (exact) mass is 489 g/mol. The van der Waals surface area contributed by atoms with E-state index in [9.17, 15) is 25.5 Å². The summed E-state index contributed by atoms with van der Waals surface area (Å²) in [5.41, 5.74) is 0.161. The molecule has 1 saturated carbocycles. The molecule has 2 rings (SSSR count). The molecular weight excluding hydrogens is 438 g/mol. The minimum atomic E-state index is -1.19. The average molecular weight is 490 g/mol. The summed E-state index contributed by atoms with van der Waals surface area (Å²) in [6.07, 6.45) is 1.18. The van der Waals surface area contributed by atoms with Crippen molar-refractivity contribution in [2.24, 2.45) is 5.41 Å². The molecule has 0 radical (unpaired) electrons. The summed E-state index contributed by atoms with van der Waals surface area (Å²) in [4.78, 5) is 0. The summed E-state index contributed by atoms with van der Waals surface area (Å²) >= 11 is 0. The molecular formula is C25H51N3O6. The number of epoxide rings is 1. The first-order valence-electron chi connectivity index (χ1n) is 13.2. The summed E-state index contributed by atoms with van der Waals surface area (Å²) in [6.45, 7) is 11.6. The molecule has 2 fully saturated rings. The molecule has 202 valence electrons. The fourth-order valence-corrected chi connectivity index (χ4v) is 5.08. The molecule has 9 nitrogen and oxygen atoms in total. The Labute approximate surface area is 205 Å². The van der Waals surface area contributed by atoms with Crippen molar-refractivity contribution in [3.63, 3.8) is 0 Å². The molecule has 0 aromatic rings. The smallest absolute Gasteiger partial charge is 0.199 e. The van der Waals surface area contributed by atoms with Crippen LogP contribution in [0.5, 0.6) is 0 Å². The van der Waals surface area contributed by atoms with Crippen LogP contribution in [0.1, 0.15) is 86.0 Å². The number of nitrogens with one attached hydrogen (secondary N) is 3. The summed E-state index contributed by atoms with van der Waals surface area (Å²) in [5, 5.41) is 61.9. The van der Waals surface area contributed by atoms with Gasteiger partial charge in [0.05, 0.1) is 24.4 Å². The fraction of sp³-hybridized carbons (Fsp3) is 1.00. The van der Waals surface area contributed by atoms with Crippen LogP contribution in [0.15, 0.2) is 0 Å². The van der Waals surface area contributed by atoms with Crippen molar-refractivity contribution in [3.05, 3.63) is 0 Å². The van der Waals surface area contributed by atoms with Crippen LogP contribution in [0, 0.1) is 5.41 Å². The predicted molar refractivity (Wildman–Crippen MR) is 132 cm³/mol. The van der Waals surface area contributed by atoms with Crippen LogP contribution >= 0.6 is 0 Å². The van der Waals surface area contributed by atoms with Crippen LogP contribution in [0.4, 0.5) is 0 Å². The minimum Gasteiger partial charge on any atom is -0.393 e. The van der Waals surface area contributed by atoms with Crippen molar-refractivity contribution in [1.29, 1.82) is 0 Å². The molecule has 0 aromatic carbocycles. The number of aliphatic hydroxyl groups is 5. The molecule has 2 aliphatic rings. The maximum Gasteiger partial charge on any atom is 0.199 e. The van der Waals surface area contributed by atoms with E-state index < -0.39 is 48.5 Å². The third kappa shape index (κ3) is 9.95. The van der Waals surface area contributed by atoms with Crippen molar-refractivity contribution in [1.82, 2.24) is 16.0 Å². The molecule has 1 aliphatic carbocycles. The van der Waals surface area contributed by atoms with Gasteiger partial charge in [-0.1, -0.05) is 47.0 Å². The number of ether oxygens (including phenoxy) is 1. The third-order valence-electron chi connectivity index (χ3n) is 6.90. The van der Waals surface area contributed by atoms with Crippen LogP contribution in [0.25, 0.3) is 0 Å². The molecule has 9 heteroatoms. The van der Waals surface area contributed by atoms with Gasteiger partial charge in [0.15, 0.2) is 5.85 Å². The number of rotatable bonds is 15. The molecule has 0 bridgehead atoms. The van der Waals surface area contributed by atoms with Gasteiger partial charge in [-0.3, -0.25) is 10.6 Å². The largest absolute Gasteiger partial charge is 0.393 e. The van der Waals surface area contributed by atoms with Crippen molar-refractivity contribution in [3.8, 4) is 0 Å². The van der Waals surface area contributed by atoms with Crippen molar-refractivity contribution in [2.75, 3.05) is 13.2 Å². The lowest BCUT2D eigenvalue weighted by Crippen LogP contribution is -2.62. The normalized spacial score (nSPS) is 33.4. The average Bonchev–Trinajstić information content (AvgIpc) is 3.48. The standard InChI is InChI=1S/C25H51N3O6/c1-6-7-8-9-17(29)12-21(31)19(14-26-18-10-11-20(30)23(33)22(18)32)28-25(15-34-25)27-16(2)13-24(3,4)5/h16-23,26-33H,6-15H2,1-5H3. The quantitative estimate of drug-likeness (QED) is 0.0938. The maximum atomic E-state index is 11.0. The van der Waals surface area contributed by atoms with Crippen LogP contribution < -0.4 is 16.0 Å². The highest BCUT2D eigenvalue weighted by Gasteiger charge is 2.48. The Hall–Kier alpha value is -0.360. The van der Waals surface area contributed by atoms with Gasteiger partial charge >= 0.3 is 0 Å². The maximum absolute atomic E-state index is 11.0. The Bertz CT molecular complexity index is 585. The van der Waals surface area contributed by atoms with Crippen LogP contribution in [-0.2, 0) is 4.74 Å². The van der Waals surface area contributed by atoms with Crippen LogP contribution in [0.3, 0.4) is 0 Å². The van der Waals surface area contributed by atoms with E-state index in [1.165, 1.54) is 0 Å². The molecule has 34 heavy (non-hydrogen) atoms. The second-order valence-electron chi connectivity index (χ2n) is 11.8. The lowest BCUT2D eigenvalue weighted by molar-refractivity contribution is -0.0988. The highest BCUT2D eigenvalue weighted by Crippen LogP contribution is 2.27. The first kappa shape index (κ1) is 29.9. The Morgan fingerprint density at radius 1 is 1.03 bits per heavy atom. The second kappa shape index (κ2) is 13.3. The molecule has 0 aromatic heterocycles. The van der Waals surface area contributed by atoms with Gasteiger partial charge < -0.3 is 35.6 Å². The van der Waals surface area contributed by atoms with E-state index in [2.05, 4.69) is 50.6 Å². The highest BCUT2D eigenvalue weighted by atomic mass is 16.6. The zero-order valence-corrected chi connectivity index (χ0v) is 21.8. The molecule has 8 N–H and O–H groups in total. The van der Waals surface area contributed by atoms with Crippen molar-refractivity contribution >= 4 is 0 Å². The van der Waals surface area contributed by atoms with Crippen molar-refractivity contribution in [2.45, 2.75) is 140 Å². The number of unbranched alkanes of at least 4 members (excludes halogenated alkanes) is 2. The number of hydrogen-bond acceptors (Lipinski definition) is 9. The van der Waals surface area contributed by atoms with Crippen molar-refractivity contribution < 1.29 is 30.3 Å². The zero-order chi connectivity index (χ0) is 25.5. The molecule has 9 atom stereocenters. The van der Waals surface area contributed by atoms with E-state index in [-0.39, 0.29) is 17.9 Å². The topological polar surface area (TPSA) is 150 Å². The summed E-state index contributed by atoms with van der Waals surface area (Å²) in [6, 6.07) is -0.653. The van der Waals surface area contributed by atoms with Gasteiger partial charge in [-0.05, 0) is 38.0 Å². The first-order valence-corrected chi connectivity index (χ1v) is 13.2. The van der Waals surface area contributed by atoms with Gasteiger partial charge in [-0.25, -0.2) is 0 Å². The molecule has 1 aliphatic heterocycles. The minimum absolute atomic E-state index is 0.161. The van der Waals surface area contributed by atoms with Gasteiger partial charge in [0, 0.05) is 31.1 Å². The van der Waals surface area contributed by atoms with Gasteiger partial charge in [0.2, 0.25) is 0 Å². The van der Waals surface area contributed by atoms with Crippen LogP contribution in [-0.4, -0.2) is 93.2 Å². The molecule has 1 heterocycles. The highest BCUT2D eigenvalue weighted by molar-refractivity contribution is 4.97. The van der Waals surface area contributed by atoms with E-state index >= 15 is 0 Å². The van der Waals surface area contributed by atoms with E-state index in [0.29, 0.717) is 32.4 Å². The molecule has 9 unspecified atom stereocenters. The Balaban J connectivity index is 2.00. The van der Waals surface area contributed by atoms with E-state index in [4.69, 9.17) is 4.74 Å². The SMILES string of the molecule is CCCCCC(O)CC(O)C(CNC1CCC(O)C(O)C1O)NC1(NC(C)CC(C)(C)C)CO1. The summed E-state index contributed by atoms with van der Waals surface area (Å²) in [5.74, 6) is -0.730. The molecule has 1 saturated heterocycles. The molecule has 0 spiro atoms. The first-order chi connectivity index (χ1) is 15.9. The van der Waals surface area contributed by atoms with Gasteiger partial charge in [-0.15, -0.1) is 0 Å². The predicted octanol–water partition coefficient (Wildman–Crippen LogP) is 0.570. The fourth-order valence-electron chi connectivity index (χ4n) is 5.08. The summed E-state index contributed by atoms with van der Waals surface area (Å²) in [7, 11) is 0. The third-order valence-corrected chi connectivity index (χ3v) is 6.90. The zero-order valence-electron chi connectivity index (χ0n) is 21.8. The van der Waals surface area contributed by atoms with E-state index in [1.807, 2.05) is 0 Å². The van der Waals surface area contributed by atoms with E-state index in [0.717, 1.165) is 25.7 Å². The van der Waals surface area contributed by atoms with Crippen LogP contribution in [0.2, 0.25) is 0 Å². The van der Waals surface area contributed by atoms with Gasteiger partial charge in [-0.2, -0.15) is 0 Å². The number of aliphatic hydroxyl groups excluding tert-OH is 5. The molecule has 0 amide bonds. The Kier molecular flexibility index (Phi) is 11.6. The second-order valence-corrected chi connectivity index (χ2v) is 11.8. The Morgan fingerprint density at radius 2 is 1.71 bits per heavy atom. The summed E-state index contributed by atoms with van der Waals surface area (Å²) < 4.78 is 5.74. The number of hydrogen-bond donors (Lipinski definition) is 8. The lowest BCUT2D eigenvalue weighted by Gasteiger charge is -2.37. The van der Waals surface area contributed by atoms with Gasteiger partial charge in [0.1, 0.15) is 12.7 Å². The van der Waals surface area contributed by atoms with Gasteiger partial charge in [0.25, 0.3) is 0 Å². The lowest BCUT2D eigenvalue weighted by atomic mass is 9.87. The van der Waals surface area contributed by atoms with E-state index in [1.54, 1.807) is 0 Å². The Morgan fingerprint density at radius 3 is 2.29 bits per heavy atom.